The Balaban J connectivity index is 1.82. The number of nitrogens with zero attached hydrogens (tertiary/aromatic N) is 2. The number of nitrogens with one attached hydrogen (secondary N) is 1. The molecule has 2 atom stereocenters. The molecule has 10 heteroatoms. The summed E-state index contributed by atoms with van der Waals surface area (Å²) in [6.45, 7) is 3.21. The lowest BCUT2D eigenvalue weighted by atomic mass is 10.0. The molecule has 0 fully saturated rings. The smallest absolute Gasteiger partial charge is 0.244 e. The van der Waals surface area contributed by atoms with Gasteiger partial charge in [0, 0.05) is 40.0 Å². The third kappa shape index (κ3) is 8.07. The van der Waals surface area contributed by atoms with E-state index < -0.39 is 28.5 Å². The Morgan fingerprint density at radius 3 is 2.12 bits per heavy atom. The number of benzene rings is 4. The molecule has 4 aromatic carbocycles. The first-order valence-corrected chi connectivity index (χ1v) is 16.6. The second kappa shape index (κ2) is 14.3. The van der Waals surface area contributed by atoms with Crippen molar-refractivity contribution in [2.45, 2.75) is 45.3 Å². The Hall–Kier alpha value is -3.59. The second-order valence-electron chi connectivity index (χ2n) is 10.5. The zero-order valence-electron chi connectivity index (χ0n) is 24.3. The summed E-state index contributed by atoms with van der Waals surface area (Å²) in [5, 5.41) is 5.19. The standard InChI is InChI=1S/C33H35Cl2N3O4S/c1-4-23(2)36-33(40)31(20-24-12-6-5-7-13-24)37(21-27-28(34)17-11-18-29(27)35)32(39)22-38(43(3,41)42)30-19-10-15-25-14-8-9-16-26(25)30/h5-19,23,31H,4,20-22H2,1-3H3,(H,36,40)/t23-,31-/m0/s1. The van der Waals surface area contributed by atoms with Gasteiger partial charge >= 0.3 is 0 Å². The minimum Gasteiger partial charge on any atom is -0.352 e. The van der Waals surface area contributed by atoms with E-state index in [1.165, 1.54) is 4.90 Å². The van der Waals surface area contributed by atoms with Crippen molar-refractivity contribution in [1.29, 1.82) is 0 Å². The lowest BCUT2D eigenvalue weighted by molar-refractivity contribution is -0.140. The number of rotatable bonds is 12. The Morgan fingerprint density at radius 1 is 0.860 bits per heavy atom. The topological polar surface area (TPSA) is 86.8 Å². The number of anilines is 1. The molecular weight excluding hydrogens is 605 g/mol. The SMILES string of the molecule is CC[C@H](C)NC(=O)[C@H](Cc1ccccc1)N(Cc1c(Cl)cccc1Cl)C(=O)CN(c1cccc2ccccc12)S(C)(=O)=O. The van der Waals surface area contributed by atoms with Gasteiger partial charge in [-0.05, 0) is 42.5 Å². The lowest BCUT2D eigenvalue weighted by Gasteiger charge is -2.34. The van der Waals surface area contributed by atoms with Crippen LogP contribution in [-0.4, -0.2) is 50.0 Å². The number of carbonyl (C=O) groups is 2. The molecule has 0 bridgehead atoms. The molecule has 1 N–H and O–H groups in total. The van der Waals surface area contributed by atoms with Gasteiger partial charge in [0.15, 0.2) is 0 Å². The summed E-state index contributed by atoms with van der Waals surface area (Å²) >= 11 is 13.1. The molecule has 0 radical (unpaired) electrons. The summed E-state index contributed by atoms with van der Waals surface area (Å²) < 4.78 is 27.5. The van der Waals surface area contributed by atoms with Crippen molar-refractivity contribution in [2.24, 2.45) is 0 Å². The van der Waals surface area contributed by atoms with Crippen molar-refractivity contribution < 1.29 is 18.0 Å². The first-order valence-electron chi connectivity index (χ1n) is 14.0. The second-order valence-corrected chi connectivity index (χ2v) is 13.2. The van der Waals surface area contributed by atoms with Gasteiger partial charge in [0.1, 0.15) is 12.6 Å². The molecule has 7 nitrogen and oxygen atoms in total. The van der Waals surface area contributed by atoms with Crippen LogP contribution in [0.2, 0.25) is 10.0 Å². The number of fused-ring (bicyclic) bond motifs is 1. The highest BCUT2D eigenvalue weighted by Crippen LogP contribution is 2.30. The fourth-order valence-corrected chi connectivity index (χ4v) is 6.25. The molecule has 0 aliphatic heterocycles. The Labute approximate surface area is 263 Å². The van der Waals surface area contributed by atoms with Crippen LogP contribution in [0.4, 0.5) is 5.69 Å². The summed E-state index contributed by atoms with van der Waals surface area (Å²) in [5.41, 5.74) is 1.67. The largest absolute Gasteiger partial charge is 0.352 e. The molecule has 2 amide bonds. The molecule has 0 aliphatic rings. The van der Waals surface area contributed by atoms with E-state index in [1.807, 2.05) is 74.5 Å². The molecule has 0 heterocycles. The number of sulfonamides is 1. The number of carbonyl (C=O) groups excluding carboxylic acids is 2. The van der Waals surface area contributed by atoms with E-state index in [2.05, 4.69) is 5.32 Å². The van der Waals surface area contributed by atoms with E-state index in [0.717, 1.165) is 21.5 Å². The number of hydrogen-bond acceptors (Lipinski definition) is 4. The Morgan fingerprint density at radius 2 is 1.47 bits per heavy atom. The van der Waals surface area contributed by atoms with Crippen LogP contribution in [0, 0.1) is 0 Å². The number of halogens is 2. The zero-order valence-corrected chi connectivity index (χ0v) is 26.7. The van der Waals surface area contributed by atoms with Crippen LogP contribution in [0.3, 0.4) is 0 Å². The molecule has 0 unspecified atom stereocenters. The number of amides is 2. The molecule has 0 aromatic heterocycles. The molecule has 0 spiro atoms. The van der Waals surface area contributed by atoms with Gasteiger partial charge in [0.2, 0.25) is 21.8 Å². The van der Waals surface area contributed by atoms with Gasteiger partial charge in [-0.3, -0.25) is 13.9 Å². The minimum absolute atomic E-state index is 0.101. The molecule has 0 aliphatic carbocycles. The van der Waals surface area contributed by atoms with Crippen molar-refractivity contribution in [3.05, 3.63) is 112 Å². The van der Waals surface area contributed by atoms with Gasteiger partial charge in [0.25, 0.3) is 0 Å². The van der Waals surface area contributed by atoms with Crippen LogP contribution in [-0.2, 0) is 32.6 Å². The normalized spacial score (nSPS) is 12.9. The van der Waals surface area contributed by atoms with Crippen LogP contribution in [0.5, 0.6) is 0 Å². The van der Waals surface area contributed by atoms with Gasteiger partial charge < -0.3 is 10.2 Å². The van der Waals surface area contributed by atoms with Crippen LogP contribution >= 0.6 is 23.2 Å². The van der Waals surface area contributed by atoms with Gasteiger partial charge in [-0.15, -0.1) is 0 Å². The van der Waals surface area contributed by atoms with Crippen molar-refractivity contribution in [1.82, 2.24) is 10.2 Å². The van der Waals surface area contributed by atoms with E-state index in [-0.39, 0.29) is 24.9 Å². The average Bonchev–Trinajstić information content (AvgIpc) is 2.98. The first kappa shape index (κ1) is 32.3. The van der Waals surface area contributed by atoms with E-state index in [0.29, 0.717) is 33.1 Å². The molecule has 0 saturated heterocycles. The maximum absolute atomic E-state index is 14.4. The monoisotopic (exact) mass is 639 g/mol. The molecule has 226 valence electrons. The predicted molar refractivity (Wildman–Crippen MR) is 175 cm³/mol. The average molecular weight is 641 g/mol. The summed E-state index contributed by atoms with van der Waals surface area (Å²) in [5.74, 6) is -0.930. The lowest BCUT2D eigenvalue weighted by Crippen LogP contribution is -2.54. The van der Waals surface area contributed by atoms with Crippen molar-refractivity contribution in [3.8, 4) is 0 Å². The van der Waals surface area contributed by atoms with Gasteiger partial charge in [-0.25, -0.2) is 8.42 Å². The zero-order chi connectivity index (χ0) is 31.1. The van der Waals surface area contributed by atoms with E-state index in [4.69, 9.17) is 23.2 Å². The summed E-state index contributed by atoms with van der Waals surface area (Å²) in [6.07, 6.45) is 1.95. The van der Waals surface area contributed by atoms with Crippen LogP contribution < -0.4 is 9.62 Å². The Bertz CT molecular complexity index is 1670. The van der Waals surface area contributed by atoms with E-state index in [9.17, 15) is 18.0 Å². The Kier molecular flexibility index (Phi) is 10.7. The van der Waals surface area contributed by atoms with Crippen LogP contribution in [0.15, 0.2) is 91.0 Å². The highest BCUT2D eigenvalue weighted by atomic mass is 35.5. The highest BCUT2D eigenvalue weighted by Gasteiger charge is 2.34. The highest BCUT2D eigenvalue weighted by molar-refractivity contribution is 7.92. The maximum atomic E-state index is 14.4. The summed E-state index contributed by atoms with van der Waals surface area (Å²) in [7, 11) is -3.92. The van der Waals surface area contributed by atoms with Gasteiger partial charge in [-0.1, -0.05) is 103 Å². The first-order chi connectivity index (χ1) is 20.5. The van der Waals surface area contributed by atoms with Gasteiger partial charge in [-0.2, -0.15) is 0 Å². The third-order valence-electron chi connectivity index (χ3n) is 7.38. The van der Waals surface area contributed by atoms with E-state index in [1.54, 1.807) is 30.3 Å². The summed E-state index contributed by atoms with van der Waals surface area (Å²) in [6, 6.07) is 25.9. The fraction of sp³-hybridized carbons (Fsp3) is 0.273. The minimum atomic E-state index is -3.92. The molecule has 4 aromatic rings. The summed E-state index contributed by atoms with van der Waals surface area (Å²) in [4.78, 5) is 29.6. The predicted octanol–water partition coefficient (Wildman–Crippen LogP) is 6.47. The van der Waals surface area contributed by atoms with Crippen LogP contribution in [0.1, 0.15) is 31.4 Å². The molecule has 4 rings (SSSR count). The molecule has 43 heavy (non-hydrogen) atoms. The van der Waals surface area contributed by atoms with Crippen LogP contribution in [0.25, 0.3) is 10.8 Å². The van der Waals surface area contributed by atoms with E-state index >= 15 is 0 Å². The van der Waals surface area contributed by atoms with Crippen molar-refractivity contribution >= 4 is 61.5 Å². The molecule has 0 saturated carbocycles. The van der Waals surface area contributed by atoms with Crippen molar-refractivity contribution in [2.75, 3.05) is 17.1 Å². The third-order valence-corrected chi connectivity index (χ3v) is 9.21. The van der Waals surface area contributed by atoms with Crippen molar-refractivity contribution in [3.63, 3.8) is 0 Å². The maximum Gasteiger partial charge on any atom is 0.244 e. The van der Waals surface area contributed by atoms with Gasteiger partial charge in [0.05, 0.1) is 11.9 Å². The number of hydrogen-bond donors (Lipinski definition) is 1. The quantitative estimate of drug-likeness (QED) is 0.193. The molecular formula is C33H35Cl2N3O4S. The fourth-order valence-electron chi connectivity index (χ4n) is 4.87.